The predicted octanol–water partition coefficient (Wildman–Crippen LogP) is 3.11. The summed E-state index contributed by atoms with van der Waals surface area (Å²) in [5.74, 6) is -1.22. The Morgan fingerprint density at radius 1 is 1.24 bits per heavy atom. The molecule has 5 N–H and O–H groups in total. The maximum Gasteiger partial charge on any atom is 0.336 e. The van der Waals surface area contributed by atoms with Crippen LogP contribution in [0.25, 0.3) is 0 Å². The Hall–Kier alpha value is -2.03. The third-order valence-electron chi connectivity index (χ3n) is 3.67. The summed E-state index contributed by atoms with van der Waals surface area (Å²) in [6.45, 7) is 1.98. The molecule has 25 heavy (non-hydrogen) atoms. The minimum atomic E-state index is -4.13. The molecule has 0 aliphatic rings. The number of anilines is 1. The lowest BCUT2D eigenvalue weighted by Crippen LogP contribution is -2.17. The number of carbonyl (C=O) groups is 1. The molecule has 6 nitrogen and oxygen atoms in total. The fraction of sp³-hybridized carbons (Fsp3) is 0.235. The monoisotopic (exact) mass is 380 g/mol. The molecule has 0 saturated carbocycles. The second-order valence-corrected chi connectivity index (χ2v) is 8.13. The molecule has 8 heteroatoms. The number of primary sulfonamides is 1. The van der Waals surface area contributed by atoms with Gasteiger partial charge in [-0.25, -0.2) is 18.4 Å². The summed E-state index contributed by atoms with van der Waals surface area (Å²) in [6.07, 6.45) is 2.06. The molecule has 2 aromatic carbocycles. The lowest BCUT2D eigenvalue weighted by Gasteiger charge is -2.17. The minimum absolute atomic E-state index is 0.118. The average molecular weight is 380 g/mol. The van der Waals surface area contributed by atoms with Crippen LogP contribution in [0.4, 0.5) is 5.69 Å². The van der Waals surface area contributed by atoms with Gasteiger partial charge in [-0.15, -0.1) is 0 Å². The molecule has 0 aromatic heterocycles. The van der Waals surface area contributed by atoms with Crippen molar-refractivity contribution in [3.63, 3.8) is 0 Å². The molecular weight excluding hydrogens is 360 g/mol. The SMILES string of the molecule is CCCCc1c(C(=O)O)cc(S(N)(=O)=O)c(Sc2ccccc2)c1N. The summed E-state index contributed by atoms with van der Waals surface area (Å²) in [5.41, 5.74) is 6.69. The molecule has 0 heterocycles. The van der Waals surface area contributed by atoms with Crippen LogP contribution in [0.5, 0.6) is 0 Å². The summed E-state index contributed by atoms with van der Waals surface area (Å²) in [5, 5.41) is 14.8. The fourth-order valence-electron chi connectivity index (χ4n) is 2.44. The van der Waals surface area contributed by atoms with E-state index in [2.05, 4.69) is 0 Å². The zero-order chi connectivity index (χ0) is 18.6. The smallest absolute Gasteiger partial charge is 0.336 e. The van der Waals surface area contributed by atoms with Crippen molar-refractivity contribution in [3.05, 3.63) is 47.5 Å². The van der Waals surface area contributed by atoms with Crippen molar-refractivity contribution in [1.29, 1.82) is 0 Å². The van der Waals surface area contributed by atoms with Gasteiger partial charge in [-0.3, -0.25) is 0 Å². The van der Waals surface area contributed by atoms with Crippen molar-refractivity contribution in [3.8, 4) is 0 Å². The molecule has 2 aromatic rings. The van der Waals surface area contributed by atoms with Crippen molar-refractivity contribution in [2.75, 3.05) is 5.73 Å². The Morgan fingerprint density at radius 3 is 2.40 bits per heavy atom. The van der Waals surface area contributed by atoms with Crippen molar-refractivity contribution in [2.45, 2.75) is 40.9 Å². The van der Waals surface area contributed by atoms with Crippen LogP contribution in [0.2, 0.25) is 0 Å². The zero-order valence-corrected chi connectivity index (χ0v) is 15.4. The number of hydrogen-bond donors (Lipinski definition) is 3. The average Bonchev–Trinajstić information content (AvgIpc) is 2.55. The summed E-state index contributed by atoms with van der Waals surface area (Å²) in [7, 11) is -4.13. The van der Waals surface area contributed by atoms with E-state index in [0.29, 0.717) is 12.0 Å². The highest BCUT2D eigenvalue weighted by molar-refractivity contribution is 8.00. The molecule has 0 unspecified atom stereocenters. The number of nitrogen functional groups attached to an aromatic ring is 1. The third-order valence-corrected chi connectivity index (χ3v) is 5.89. The van der Waals surface area contributed by atoms with Crippen molar-refractivity contribution < 1.29 is 18.3 Å². The molecular formula is C17H20N2O4S2. The van der Waals surface area contributed by atoms with E-state index in [1.165, 1.54) is 0 Å². The topological polar surface area (TPSA) is 123 Å². The van der Waals surface area contributed by atoms with E-state index in [9.17, 15) is 18.3 Å². The fourth-order valence-corrected chi connectivity index (χ4v) is 4.48. The molecule has 0 spiro atoms. The van der Waals surface area contributed by atoms with Gasteiger partial charge in [0.15, 0.2) is 0 Å². The largest absolute Gasteiger partial charge is 0.478 e. The van der Waals surface area contributed by atoms with Crippen LogP contribution < -0.4 is 10.9 Å². The van der Waals surface area contributed by atoms with E-state index in [-0.39, 0.29) is 21.0 Å². The minimum Gasteiger partial charge on any atom is -0.478 e. The van der Waals surface area contributed by atoms with Gasteiger partial charge in [0.2, 0.25) is 10.0 Å². The third kappa shape index (κ3) is 4.53. The molecule has 2 rings (SSSR count). The van der Waals surface area contributed by atoms with Crippen LogP contribution in [-0.4, -0.2) is 19.5 Å². The van der Waals surface area contributed by atoms with Crippen LogP contribution in [0, 0.1) is 0 Å². The lowest BCUT2D eigenvalue weighted by atomic mass is 10.00. The Balaban J connectivity index is 2.71. The number of carboxylic acid groups (broad SMARTS) is 1. The van der Waals surface area contributed by atoms with Crippen LogP contribution in [0.1, 0.15) is 35.7 Å². The van der Waals surface area contributed by atoms with Crippen LogP contribution in [0.15, 0.2) is 51.1 Å². The van der Waals surface area contributed by atoms with Gasteiger partial charge in [0.05, 0.1) is 21.0 Å². The molecule has 0 atom stereocenters. The molecule has 0 saturated heterocycles. The quantitative estimate of drug-likeness (QED) is 0.634. The van der Waals surface area contributed by atoms with Crippen LogP contribution >= 0.6 is 11.8 Å². The maximum atomic E-state index is 12.0. The summed E-state index contributed by atoms with van der Waals surface area (Å²) >= 11 is 1.16. The normalized spacial score (nSPS) is 11.4. The first-order chi connectivity index (χ1) is 11.8. The van der Waals surface area contributed by atoms with Gasteiger partial charge in [0.25, 0.3) is 0 Å². The van der Waals surface area contributed by atoms with Gasteiger partial charge in [-0.05, 0) is 36.6 Å². The van der Waals surface area contributed by atoms with Gasteiger partial charge in [-0.1, -0.05) is 43.3 Å². The van der Waals surface area contributed by atoms with Crippen molar-refractivity contribution in [1.82, 2.24) is 0 Å². The van der Waals surface area contributed by atoms with E-state index >= 15 is 0 Å². The van der Waals surface area contributed by atoms with Gasteiger partial charge < -0.3 is 10.8 Å². The first-order valence-corrected chi connectivity index (χ1v) is 10.1. The Kier molecular flexibility index (Phi) is 6.10. The maximum absolute atomic E-state index is 12.0. The second-order valence-electron chi connectivity index (χ2n) is 5.51. The number of carboxylic acids is 1. The molecule has 0 amide bonds. The van der Waals surface area contributed by atoms with Gasteiger partial charge >= 0.3 is 5.97 Å². The Labute approximate surface area is 151 Å². The number of hydrogen-bond acceptors (Lipinski definition) is 5. The predicted molar refractivity (Wildman–Crippen MR) is 98.4 cm³/mol. The first-order valence-electron chi connectivity index (χ1n) is 7.70. The first kappa shape index (κ1) is 19.3. The van der Waals surface area contributed by atoms with E-state index in [1.807, 2.05) is 37.3 Å². The number of aromatic carboxylic acids is 1. The molecule has 0 fully saturated rings. The van der Waals surface area contributed by atoms with Crippen LogP contribution in [0.3, 0.4) is 0 Å². The zero-order valence-electron chi connectivity index (χ0n) is 13.7. The summed E-state index contributed by atoms with van der Waals surface area (Å²) in [6, 6.07) is 10.2. The number of benzene rings is 2. The number of sulfonamides is 1. The molecule has 0 bridgehead atoms. The van der Waals surface area contributed by atoms with E-state index in [4.69, 9.17) is 10.9 Å². The number of rotatable bonds is 7. The molecule has 0 radical (unpaired) electrons. The van der Waals surface area contributed by atoms with Gasteiger partial charge in [-0.2, -0.15) is 0 Å². The number of nitrogens with two attached hydrogens (primary N) is 2. The Bertz CT molecular complexity index is 881. The van der Waals surface area contributed by atoms with Gasteiger partial charge in [0.1, 0.15) is 0 Å². The van der Waals surface area contributed by atoms with E-state index in [1.54, 1.807) is 0 Å². The standard InChI is InChI=1S/C17H20N2O4S2/c1-2-3-9-12-13(17(20)21)10-14(25(19,22)23)16(15(12)18)24-11-7-5-4-6-8-11/h4-8,10H,2-3,9,18H2,1H3,(H,20,21)(H2,19,22,23). The molecule has 0 aliphatic heterocycles. The van der Waals surface area contributed by atoms with Crippen molar-refractivity contribution >= 4 is 33.4 Å². The second kappa shape index (κ2) is 7.90. The van der Waals surface area contributed by atoms with E-state index < -0.39 is 16.0 Å². The van der Waals surface area contributed by atoms with E-state index in [0.717, 1.165) is 35.6 Å². The summed E-state index contributed by atoms with van der Waals surface area (Å²) < 4.78 is 24.0. The lowest BCUT2D eigenvalue weighted by molar-refractivity contribution is 0.0695. The van der Waals surface area contributed by atoms with Crippen molar-refractivity contribution in [2.24, 2.45) is 5.14 Å². The Morgan fingerprint density at radius 2 is 1.88 bits per heavy atom. The van der Waals surface area contributed by atoms with Gasteiger partial charge in [0, 0.05) is 4.90 Å². The number of unbranched alkanes of at least 4 members (excludes halogenated alkanes) is 1. The highest BCUT2D eigenvalue weighted by atomic mass is 32.2. The summed E-state index contributed by atoms with van der Waals surface area (Å²) in [4.78, 5) is 12.4. The highest BCUT2D eigenvalue weighted by Crippen LogP contribution is 2.40. The van der Waals surface area contributed by atoms with Crippen LogP contribution in [-0.2, 0) is 16.4 Å². The molecule has 0 aliphatic carbocycles. The molecule has 134 valence electrons. The highest BCUT2D eigenvalue weighted by Gasteiger charge is 2.25.